The molecule has 2 aromatic heterocycles. The summed E-state index contributed by atoms with van der Waals surface area (Å²) in [6.07, 6.45) is 4.74. The van der Waals surface area contributed by atoms with E-state index in [9.17, 15) is 23.1 Å². The number of carbonyl (C=O) groups excluding carboxylic acids is 1. The van der Waals surface area contributed by atoms with Crippen molar-refractivity contribution < 1.29 is 18.3 Å². The topological polar surface area (TPSA) is 116 Å². The number of carbonyl (C=O) groups is 1. The van der Waals surface area contributed by atoms with Gasteiger partial charge in [-0.15, -0.1) is 0 Å². The van der Waals surface area contributed by atoms with Gasteiger partial charge in [0.05, 0.1) is 17.2 Å². The Morgan fingerprint density at radius 2 is 1.76 bits per heavy atom. The van der Waals surface area contributed by atoms with Crippen LogP contribution in [0.3, 0.4) is 0 Å². The largest absolute Gasteiger partial charge is 0.392 e. The molecule has 1 aliphatic heterocycles. The number of anilines is 4. The lowest BCUT2D eigenvalue weighted by Gasteiger charge is -2.31. The monoisotopic (exact) mass is 587 g/mol. The summed E-state index contributed by atoms with van der Waals surface area (Å²) < 4.78 is 25.2. The molecular weight excluding hydrogens is 554 g/mol. The molecule has 4 aromatic rings. The molecule has 0 bridgehead atoms. The van der Waals surface area contributed by atoms with Crippen LogP contribution >= 0.6 is 0 Å². The van der Waals surface area contributed by atoms with Crippen LogP contribution in [-0.4, -0.2) is 62.9 Å². The molecule has 0 radical (unpaired) electrons. The van der Waals surface area contributed by atoms with E-state index in [4.69, 9.17) is 0 Å². The molecule has 1 N–H and O–H groups in total. The lowest BCUT2D eigenvalue weighted by Crippen LogP contribution is -2.38. The van der Waals surface area contributed by atoms with Crippen molar-refractivity contribution in [2.75, 3.05) is 48.6 Å². The van der Waals surface area contributed by atoms with E-state index >= 15 is 0 Å². The van der Waals surface area contributed by atoms with Gasteiger partial charge < -0.3 is 24.4 Å². The van der Waals surface area contributed by atoms with Gasteiger partial charge in [0.25, 0.3) is 11.5 Å². The third-order valence-electron chi connectivity index (χ3n) is 7.62. The normalized spacial score (nSPS) is 13.2. The number of aryl methyl sites for hydroxylation is 1. The number of pyridine rings is 2. The van der Waals surface area contributed by atoms with Gasteiger partial charge in [-0.2, -0.15) is 0 Å². The van der Waals surface area contributed by atoms with Crippen molar-refractivity contribution in [1.82, 2.24) is 9.55 Å². The first-order valence-corrected chi connectivity index (χ1v) is 15.3. The minimum atomic E-state index is -3.42. The summed E-state index contributed by atoms with van der Waals surface area (Å²) in [5.74, 6) is 0.265. The van der Waals surface area contributed by atoms with E-state index in [1.807, 2.05) is 55.4 Å². The molecule has 0 atom stereocenters. The maximum absolute atomic E-state index is 13.6. The molecule has 1 amide bonds. The summed E-state index contributed by atoms with van der Waals surface area (Å²) in [6, 6.07) is 16.0. The predicted molar refractivity (Wildman–Crippen MR) is 165 cm³/mol. The Balaban J connectivity index is 1.54. The third kappa shape index (κ3) is 5.28. The SMILES string of the molecule is CN(C)c1ccc2c(c1)CCN(c1cccc(-c3cc(N(C)c4ccc(S(C)(=O)=O)cn4)c(=O)n(C)c3)c1CO)C2=O. The Kier molecular flexibility index (Phi) is 7.65. The van der Waals surface area contributed by atoms with Crippen molar-refractivity contribution in [1.29, 1.82) is 0 Å². The fraction of sp³-hybridized carbons (Fsp3) is 0.258. The van der Waals surface area contributed by atoms with Crippen molar-refractivity contribution in [2.45, 2.75) is 17.9 Å². The fourth-order valence-electron chi connectivity index (χ4n) is 5.24. The number of hydrogen-bond acceptors (Lipinski definition) is 8. The Morgan fingerprint density at radius 3 is 2.40 bits per heavy atom. The molecule has 2 aromatic carbocycles. The Labute approximate surface area is 245 Å². The highest BCUT2D eigenvalue weighted by Crippen LogP contribution is 2.36. The molecule has 10 nitrogen and oxygen atoms in total. The van der Waals surface area contributed by atoms with Gasteiger partial charge >= 0.3 is 0 Å². The Bertz CT molecular complexity index is 1850. The molecule has 0 aliphatic carbocycles. The average molecular weight is 588 g/mol. The zero-order chi connectivity index (χ0) is 30.3. The zero-order valence-corrected chi connectivity index (χ0v) is 25.0. The number of aliphatic hydroxyl groups excluding tert-OH is 1. The summed E-state index contributed by atoms with van der Waals surface area (Å²) in [7, 11) is 3.83. The van der Waals surface area contributed by atoms with Crippen molar-refractivity contribution in [2.24, 2.45) is 7.05 Å². The number of nitrogens with zero attached hydrogens (tertiary/aromatic N) is 5. The van der Waals surface area contributed by atoms with Crippen LogP contribution in [0.25, 0.3) is 11.1 Å². The number of hydrogen-bond donors (Lipinski definition) is 1. The molecule has 5 rings (SSSR count). The molecule has 11 heteroatoms. The second-order valence-corrected chi connectivity index (χ2v) is 12.6. The van der Waals surface area contributed by atoms with Crippen molar-refractivity contribution >= 4 is 38.6 Å². The van der Waals surface area contributed by atoms with Crippen LogP contribution in [0.15, 0.2) is 76.7 Å². The number of rotatable bonds is 7. The summed E-state index contributed by atoms with van der Waals surface area (Å²) in [5.41, 5.74) is 5.23. The van der Waals surface area contributed by atoms with Gasteiger partial charge in [-0.1, -0.05) is 12.1 Å². The van der Waals surface area contributed by atoms with Crippen LogP contribution in [0.1, 0.15) is 21.5 Å². The van der Waals surface area contributed by atoms with E-state index in [2.05, 4.69) is 4.98 Å². The highest BCUT2D eigenvalue weighted by Gasteiger charge is 2.28. The molecule has 0 saturated carbocycles. The molecule has 3 heterocycles. The first-order chi connectivity index (χ1) is 19.9. The van der Waals surface area contributed by atoms with Gasteiger partial charge in [0, 0.05) is 75.8 Å². The first-order valence-electron chi connectivity index (χ1n) is 13.4. The quantitative estimate of drug-likeness (QED) is 0.350. The molecule has 1 aliphatic rings. The zero-order valence-electron chi connectivity index (χ0n) is 24.2. The predicted octanol–water partition coefficient (Wildman–Crippen LogP) is 3.38. The molecular formula is C31H33N5O5S. The highest BCUT2D eigenvalue weighted by atomic mass is 32.2. The van der Waals surface area contributed by atoms with E-state index in [0.717, 1.165) is 17.5 Å². The third-order valence-corrected chi connectivity index (χ3v) is 8.71. The summed E-state index contributed by atoms with van der Waals surface area (Å²) in [5, 5.41) is 10.6. The lowest BCUT2D eigenvalue weighted by atomic mass is 9.94. The van der Waals surface area contributed by atoms with Crippen LogP contribution < -0.4 is 20.3 Å². The number of sulfone groups is 1. The van der Waals surface area contributed by atoms with Crippen LogP contribution in [0.4, 0.5) is 22.9 Å². The van der Waals surface area contributed by atoms with E-state index in [-0.39, 0.29) is 23.0 Å². The number of aliphatic hydroxyl groups is 1. The summed E-state index contributed by atoms with van der Waals surface area (Å²) in [4.78, 5) is 36.5. The molecule has 218 valence electrons. The molecule has 0 spiro atoms. The molecule has 0 unspecified atom stereocenters. The molecule has 0 saturated heterocycles. The minimum absolute atomic E-state index is 0.0822. The highest BCUT2D eigenvalue weighted by molar-refractivity contribution is 7.90. The number of fused-ring (bicyclic) bond motifs is 1. The van der Waals surface area contributed by atoms with Gasteiger partial charge in [-0.25, -0.2) is 13.4 Å². The number of amides is 1. The maximum atomic E-state index is 13.6. The summed E-state index contributed by atoms with van der Waals surface area (Å²) in [6.45, 7) is 0.153. The smallest absolute Gasteiger partial charge is 0.274 e. The van der Waals surface area contributed by atoms with Crippen LogP contribution in [0.2, 0.25) is 0 Å². The Morgan fingerprint density at radius 1 is 1.00 bits per heavy atom. The van der Waals surface area contributed by atoms with Gasteiger partial charge in [0.1, 0.15) is 11.5 Å². The van der Waals surface area contributed by atoms with Crippen molar-refractivity contribution in [3.63, 3.8) is 0 Å². The van der Waals surface area contributed by atoms with E-state index in [0.29, 0.717) is 52.4 Å². The Hall–Kier alpha value is -4.48. The standard InChI is InChI=1S/C31H33N5O5S/c1-33(2)22-9-11-25-20(15-22)13-14-36(30(25)38)27-8-6-7-24(26(27)19-37)21-16-28(31(39)34(3)18-21)35(4)29-12-10-23(17-32-29)42(5,40)41/h6-12,15-18,37H,13-14,19H2,1-5H3. The first kappa shape index (κ1) is 29.0. The van der Waals surface area contributed by atoms with Gasteiger partial charge in [0.2, 0.25) is 0 Å². The molecule has 0 fully saturated rings. The van der Waals surface area contributed by atoms with Crippen LogP contribution in [0.5, 0.6) is 0 Å². The number of aromatic nitrogens is 2. The van der Waals surface area contributed by atoms with E-state index in [1.165, 1.54) is 16.8 Å². The van der Waals surface area contributed by atoms with Crippen LogP contribution in [-0.2, 0) is 29.9 Å². The molecule has 42 heavy (non-hydrogen) atoms. The van der Waals surface area contributed by atoms with Crippen molar-refractivity contribution in [3.05, 3.63) is 94.0 Å². The minimum Gasteiger partial charge on any atom is -0.392 e. The second kappa shape index (κ2) is 11.1. The lowest BCUT2D eigenvalue weighted by molar-refractivity contribution is 0.0980. The van der Waals surface area contributed by atoms with Gasteiger partial charge in [-0.3, -0.25) is 9.59 Å². The summed E-state index contributed by atoms with van der Waals surface area (Å²) >= 11 is 0. The average Bonchev–Trinajstić information content (AvgIpc) is 2.97. The van der Waals surface area contributed by atoms with Crippen molar-refractivity contribution in [3.8, 4) is 11.1 Å². The number of benzene rings is 2. The van der Waals surface area contributed by atoms with Crippen LogP contribution in [0, 0.1) is 0 Å². The van der Waals surface area contributed by atoms with Gasteiger partial charge in [-0.05, 0) is 60.0 Å². The maximum Gasteiger partial charge on any atom is 0.274 e. The van der Waals surface area contributed by atoms with E-state index in [1.54, 1.807) is 42.2 Å². The fourth-order valence-corrected chi connectivity index (χ4v) is 5.80. The second-order valence-electron chi connectivity index (χ2n) is 10.6. The van der Waals surface area contributed by atoms with E-state index < -0.39 is 9.84 Å². The van der Waals surface area contributed by atoms with Gasteiger partial charge in [0.15, 0.2) is 9.84 Å².